The highest BCUT2D eigenvalue weighted by Gasteiger charge is 2.32. The van der Waals surface area contributed by atoms with Gasteiger partial charge >= 0.3 is 0 Å². The van der Waals surface area contributed by atoms with E-state index in [1.165, 1.54) is 28.0 Å². The second-order valence-corrected chi connectivity index (χ2v) is 12.5. The molecule has 1 aliphatic heterocycles. The van der Waals surface area contributed by atoms with E-state index in [2.05, 4.69) is 84.2 Å². The van der Waals surface area contributed by atoms with Gasteiger partial charge in [-0.25, -0.2) is 4.99 Å². The van der Waals surface area contributed by atoms with Gasteiger partial charge < -0.3 is 4.74 Å². The van der Waals surface area contributed by atoms with Gasteiger partial charge in [0.05, 0.1) is 31.8 Å². The molecule has 6 rings (SSSR count). The molecular weight excluding hydrogens is 680 g/mol. The zero-order valence-electron chi connectivity index (χ0n) is 19.8. The van der Waals surface area contributed by atoms with Crippen LogP contribution in [0.4, 0.5) is 0 Å². The third-order valence-corrected chi connectivity index (χ3v) is 9.36. The van der Waals surface area contributed by atoms with Gasteiger partial charge in [0.25, 0.3) is 5.56 Å². The van der Waals surface area contributed by atoms with Crippen molar-refractivity contribution in [3.8, 4) is 5.75 Å². The van der Waals surface area contributed by atoms with Crippen molar-refractivity contribution in [2.24, 2.45) is 4.99 Å². The van der Waals surface area contributed by atoms with Crippen LogP contribution in [0.2, 0.25) is 0 Å². The van der Waals surface area contributed by atoms with Crippen molar-refractivity contribution in [1.29, 1.82) is 0 Å². The predicted octanol–water partition coefficient (Wildman–Crippen LogP) is 7.00. The average molecular weight is 701 g/mol. The van der Waals surface area contributed by atoms with E-state index in [1.807, 2.05) is 41.8 Å². The van der Waals surface area contributed by atoms with E-state index in [1.54, 1.807) is 0 Å². The monoisotopic (exact) mass is 698 g/mol. The summed E-state index contributed by atoms with van der Waals surface area (Å²) in [4.78, 5) is 19.7. The molecule has 0 spiro atoms. The minimum absolute atomic E-state index is 0.0248. The van der Waals surface area contributed by atoms with E-state index in [0.717, 1.165) is 53.6 Å². The first kappa shape index (κ1) is 25.0. The molecule has 2 heterocycles. The molecule has 0 fully saturated rings. The Balaban J connectivity index is 1.57. The molecule has 3 aromatic carbocycles. The Morgan fingerprint density at radius 3 is 2.51 bits per heavy atom. The molecular formula is C29H21Br3N2O2S. The van der Waals surface area contributed by atoms with E-state index >= 15 is 0 Å². The van der Waals surface area contributed by atoms with Gasteiger partial charge in [-0.05, 0) is 104 Å². The van der Waals surface area contributed by atoms with Crippen LogP contribution in [0.15, 0.2) is 89.4 Å². The average Bonchev–Trinajstić information content (AvgIpc) is 3.20. The highest BCUT2D eigenvalue weighted by Crippen LogP contribution is 2.41. The quantitative estimate of drug-likeness (QED) is 0.230. The fourth-order valence-electron chi connectivity index (χ4n) is 5.06. The molecule has 8 heteroatoms. The molecule has 0 radical (unpaired) electrons. The lowest BCUT2D eigenvalue weighted by atomic mass is 9.83. The fourth-order valence-corrected chi connectivity index (χ4v) is 7.78. The second-order valence-electron chi connectivity index (χ2n) is 8.91. The summed E-state index contributed by atoms with van der Waals surface area (Å²) in [5.41, 5.74) is 6.65. The molecule has 0 saturated carbocycles. The summed E-state index contributed by atoms with van der Waals surface area (Å²) in [6.45, 7) is 2.52. The maximum atomic E-state index is 13.9. The topological polar surface area (TPSA) is 43.6 Å². The van der Waals surface area contributed by atoms with Gasteiger partial charge in [0.15, 0.2) is 4.80 Å². The van der Waals surface area contributed by atoms with E-state index < -0.39 is 0 Å². The molecule has 1 atom stereocenters. The third kappa shape index (κ3) is 4.52. The van der Waals surface area contributed by atoms with E-state index in [0.29, 0.717) is 11.1 Å². The number of hydrogen-bond donors (Lipinski definition) is 0. The van der Waals surface area contributed by atoms with E-state index in [4.69, 9.17) is 9.73 Å². The highest BCUT2D eigenvalue weighted by molar-refractivity contribution is 9.11. The second kappa shape index (κ2) is 10.1. The first-order valence-electron chi connectivity index (χ1n) is 11.9. The lowest BCUT2D eigenvalue weighted by Gasteiger charge is -2.30. The molecule has 0 saturated heterocycles. The Morgan fingerprint density at radius 2 is 1.78 bits per heavy atom. The van der Waals surface area contributed by atoms with Gasteiger partial charge in [-0.15, -0.1) is 0 Å². The summed E-state index contributed by atoms with van der Waals surface area (Å²) in [5, 5.41) is 0. The van der Waals surface area contributed by atoms with Crippen molar-refractivity contribution in [1.82, 2.24) is 4.57 Å². The number of benzene rings is 3. The van der Waals surface area contributed by atoms with Gasteiger partial charge in [0, 0.05) is 10.0 Å². The SMILES string of the molecule is CCOc1c(Br)cc(/C=c2\sc3n(c2=O)[C@H](c2ccc(Br)cc2)C2=C(N=3)c3ccccc3CC2)cc1Br. The molecule has 1 aromatic heterocycles. The first-order chi connectivity index (χ1) is 17.9. The number of hydrogen-bond acceptors (Lipinski definition) is 4. The standard InChI is InChI=1S/C29H21Br3N2O2S/c1-2-36-27-22(31)13-16(14-23(27)32)15-24-28(35)34-26(18-7-10-19(30)11-8-18)21-12-9-17-5-3-4-6-20(17)25(21)33-29(34)37-24/h3-8,10-11,13-15,26H,2,9,12H2,1H3/b24-15-/t26-/m1/s1. The number of halogens is 3. The van der Waals surface area contributed by atoms with Crippen LogP contribution in [0.1, 0.15) is 41.6 Å². The van der Waals surface area contributed by atoms with Crippen molar-refractivity contribution in [3.63, 3.8) is 0 Å². The molecule has 1 aliphatic carbocycles. The van der Waals surface area contributed by atoms with Crippen LogP contribution in [0.3, 0.4) is 0 Å². The highest BCUT2D eigenvalue weighted by atomic mass is 79.9. The summed E-state index contributed by atoms with van der Waals surface area (Å²) < 4.78 is 10.9. The molecule has 0 unspecified atom stereocenters. The van der Waals surface area contributed by atoms with Crippen molar-refractivity contribution in [3.05, 3.63) is 122 Å². The lowest BCUT2D eigenvalue weighted by molar-refractivity contribution is 0.336. The number of ether oxygens (including phenoxy) is 1. The number of rotatable bonds is 4. The molecule has 0 amide bonds. The van der Waals surface area contributed by atoms with Crippen molar-refractivity contribution in [2.45, 2.75) is 25.8 Å². The molecule has 4 aromatic rings. The van der Waals surface area contributed by atoms with Crippen LogP contribution in [0, 0.1) is 0 Å². The number of thiazole rings is 1. The molecule has 186 valence electrons. The smallest absolute Gasteiger partial charge is 0.271 e. The molecule has 0 bridgehead atoms. The Kier molecular flexibility index (Phi) is 6.86. The molecule has 2 aliphatic rings. The Hall–Kier alpha value is -2.26. The van der Waals surface area contributed by atoms with Gasteiger partial charge in [0.2, 0.25) is 0 Å². The molecule has 4 nitrogen and oxygen atoms in total. The predicted molar refractivity (Wildman–Crippen MR) is 160 cm³/mol. The van der Waals surface area contributed by atoms with Crippen LogP contribution in [0.5, 0.6) is 5.75 Å². The lowest BCUT2D eigenvalue weighted by Crippen LogP contribution is -2.38. The number of aryl methyl sites for hydroxylation is 1. The fraction of sp³-hybridized carbons (Fsp3) is 0.172. The van der Waals surface area contributed by atoms with Crippen molar-refractivity contribution < 1.29 is 4.74 Å². The zero-order chi connectivity index (χ0) is 25.7. The number of aromatic nitrogens is 1. The number of allylic oxidation sites excluding steroid dienone is 1. The van der Waals surface area contributed by atoms with E-state index in [-0.39, 0.29) is 11.6 Å². The van der Waals surface area contributed by atoms with Crippen LogP contribution in [0.25, 0.3) is 11.8 Å². The minimum Gasteiger partial charge on any atom is -0.492 e. The van der Waals surface area contributed by atoms with Crippen LogP contribution < -0.4 is 19.6 Å². The minimum atomic E-state index is -0.186. The van der Waals surface area contributed by atoms with Crippen LogP contribution >= 0.6 is 59.1 Å². The third-order valence-electron chi connectivity index (χ3n) is 6.67. The first-order valence-corrected chi connectivity index (χ1v) is 15.1. The summed E-state index contributed by atoms with van der Waals surface area (Å²) in [7, 11) is 0. The largest absolute Gasteiger partial charge is 0.492 e. The summed E-state index contributed by atoms with van der Waals surface area (Å²) in [5.74, 6) is 0.752. The molecule has 0 N–H and O–H groups in total. The Morgan fingerprint density at radius 1 is 1.05 bits per heavy atom. The normalized spacial score (nSPS) is 16.6. The summed E-state index contributed by atoms with van der Waals surface area (Å²) in [6.07, 6.45) is 3.75. The van der Waals surface area contributed by atoms with Crippen molar-refractivity contribution in [2.75, 3.05) is 6.61 Å². The van der Waals surface area contributed by atoms with Crippen LogP contribution in [-0.2, 0) is 6.42 Å². The van der Waals surface area contributed by atoms with Gasteiger partial charge in [-0.2, -0.15) is 0 Å². The summed E-state index contributed by atoms with van der Waals surface area (Å²) >= 11 is 12.2. The van der Waals surface area contributed by atoms with Gasteiger partial charge in [-0.3, -0.25) is 9.36 Å². The van der Waals surface area contributed by atoms with Crippen LogP contribution in [-0.4, -0.2) is 11.2 Å². The maximum absolute atomic E-state index is 13.9. The van der Waals surface area contributed by atoms with Gasteiger partial charge in [0.1, 0.15) is 5.75 Å². The Bertz CT molecular complexity index is 1730. The van der Waals surface area contributed by atoms with Crippen molar-refractivity contribution >= 4 is 70.9 Å². The Labute approximate surface area is 243 Å². The van der Waals surface area contributed by atoms with E-state index in [9.17, 15) is 4.79 Å². The zero-order valence-corrected chi connectivity index (χ0v) is 25.4. The summed E-state index contributed by atoms with van der Waals surface area (Å²) in [6, 6.07) is 20.5. The number of nitrogens with zero attached hydrogens (tertiary/aromatic N) is 2. The molecule has 37 heavy (non-hydrogen) atoms. The van der Waals surface area contributed by atoms with Gasteiger partial charge in [-0.1, -0.05) is 63.7 Å². The maximum Gasteiger partial charge on any atom is 0.271 e. The number of fused-ring (bicyclic) bond motifs is 3.